The number of piperidine rings is 1. The molecule has 190 valence electrons. The number of hydrogen-bond donors (Lipinski definition) is 1. The van der Waals surface area contributed by atoms with Crippen molar-refractivity contribution in [1.29, 1.82) is 0 Å². The first-order valence-electron chi connectivity index (χ1n) is 12.5. The van der Waals surface area contributed by atoms with Gasteiger partial charge in [0.25, 0.3) is 11.8 Å². The number of nitrogens with one attached hydrogen (secondary N) is 1. The third-order valence-corrected chi connectivity index (χ3v) is 6.86. The van der Waals surface area contributed by atoms with Crippen molar-refractivity contribution in [3.8, 4) is 11.5 Å². The summed E-state index contributed by atoms with van der Waals surface area (Å²) in [5.41, 5.74) is 2.32. The SMILES string of the molecule is CCOCCCNC(=O)C1CCCN(c2cccc3c2C(=O)N(Cc2ccc4c(c2)OCO4)C3=O)C1. The minimum Gasteiger partial charge on any atom is -0.454 e. The standard InChI is InChI=1S/C27H31N3O6/c1-2-34-13-5-11-28-25(31)19-6-4-12-29(16-19)21-8-3-7-20-24(21)27(33)30(26(20)32)15-18-9-10-22-23(14-18)36-17-35-22/h3,7-10,14,19H,2,4-6,11-13,15-17H2,1H3,(H,28,31). The predicted octanol–water partition coefficient (Wildman–Crippen LogP) is 2.97. The summed E-state index contributed by atoms with van der Waals surface area (Å²) < 4.78 is 16.1. The zero-order valence-electron chi connectivity index (χ0n) is 20.5. The highest BCUT2D eigenvalue weighted by atomic mass is 16.7. The Morgan fingerprint density at radius 1 is 1.14 bits per heavy atom. The highest BCUT2D eigenvalue weighted by Crippen LogP contribution is 2.36. The topological polar surface area (TPSA) is 97.4 Å². The van der Waals surface area contributed by atoms with Crippen LogP contribution in [0.25, 0.3) is 0 Å². The van der Waals surface area contributed by atoms with Crippen LogP contribution in [0.15, 0.2) is 36.4 Å². The smallest absolute Gasteiger partial charge is 0.263 e. The number of carbonyl (C=O) groups excluding carboxylic acids is 3. The van der Waals surface area contributed by atoms with E-state index in [4.69, 9.17) is 14.2 Å². The second-order valence-corrected chi connectivity index (χ2v) is 9.21. The van der Waals surface area contributed by atoms with E-state index in [1.165, 1.54) is 4.90 Å². The first-order chi connectivity index (χ1) is 17.6. The molecule has 1 N–H and O–H groups in total. The van der Waals surface area contributed by atoms with Crippen molar-refractivity contribution in [2.24, 2.45) is 5.92 Å². The molecule has 2 aromatic carbocycles. The minimum atomic E-state index is -0.314. The molecule has 1 unspecified atom stereocenters. The van der Waals surface area contributed by atoms with E-state index in [1.54, 1.807) is 24.3 Å². The summed E-state index contributed by atoms with van der Waals surface area (Å²) in [4.78, 5) is 42.8. The van der Waals surface area contributed by atoms with Gasteiger partial charge in [0.1, 0.15) is 0 Å². The van der Waals surface area contributed by atoms with Crippen LogP contribution >= 0.6 is 0 Å². The number of amides is 3. The van der Waals surface area contributed by atoms with Gasteiger partial charge in [-0.2, -0.15) is 0 Å². The summed E-state index contributed by atoms with van der Waals surface area (Å²) in [6.07, 6.45) is 2.41. The number of fused-ring (bicyclic) bond motifs is 2. The van der Waals surface area contributed by atoms with Crippen molar-refractivity contribution in [3.05, 3.63) is 53.1 Å². The van der Waals surface area contributed by atoms with Crippen LogP contribution in [0.1, 0.15) is 52.5 Å². The van der Waals surface area contributed by atoms with Gasteiger partial charge in [-0.05, 0) is 56.0 Å². The normalized spacial score (nSPS) is 18.5. The molecule has 36 heavy (non-hydrogen) atoms. The fourth-order valence-electron chi connectivity index (χ4n) is 5.03. The van der Waals surface area contributed by atoms with Crippen molar-refractivity contribution in [2.45, 2.75) is 32.7 Å². The average Bonchev–Trinajstić information content (AvgIpc) is 3.47. The molecular weight excluding hydrogens is 462 g/mol. The number of ether oxygens (including phenoxy) is 3. The quantitative estimate of drug-likeness (QED) is 0.424. The molecule has 5 rings (SSSR count). The highest BCUT2D eigenvalue weighted by Gasteiger charge is 2.39. The molecular formula is C27H31N3O6. The molecule has 0 bridgehead atoms. The summed E-state index contributed by atoms with van der Waals surface area (Å²) in [5, 5.41) is 3.01. The Labute approximate surface area is 210 Å². The molecule has 1 fully saturated rings. The van der Waals surface area contributed by atoms with E-state index in [-0.39, 0.29) is 37.0 Å². The van der Waals surface area contributed by atoms with Crippen molar-refractivity contribution in [2.75, 3.05) is 44.5 Å². The summed E-state index contributed by atoms with van der Waals surface area (Å²) >= 11 is 0. The van der Waals surface area contributed by atoms with E-state index >= 15 is 0 Å². The van der Waals surface area contributed by atoms with Gasteiger partial charge >= 0.3 is 0 Å². The van der Waals surface area contributed by atoms with Gasteiger partial charge < -0.3 is 24.4 Å². The largest absolute Gasteiger partial charge is 0.454 e. The van der Waals surface area contributed by atoms with E-state index in [9.17, 15) is 14.4 Å². The van der Waals surface area contributed by atoms with Gasteiger partial charge in [0, 0.05) is 32.8 Å². The van der Waals surface area contributed by atoms with Crippen LogP contribution in [0, 0.1) is 5.92 Å². The van der Waals surface area contributed by atoms with Crippen molar-refractivity contribution in [1.82, 2.24) is 10.2 Å². The third kappa shape index (κ3) is 4.75. The monoisotopic (exact) mass is 493 g/mol. The van der Waals surface area contributed by atoms with E-state index in [1.807, 2.05) is 19.1 Å². The van der Waals surface area contributed by atoms with E-state index in [0.29, 0.717) is 54.6 Å². The third-order valence-electron chi connectivity index (χ3n) is 6.86. The van der Waals surface area contributed by atoms with Crippen LogP contribution in [0.3, 0.4) is 0 Å². The molecule has 3 amide bonds. The lowest BCUT2D eigenvalue weighted by atomic mass is 9.95. The number of carbonyl (C=O) groups is 3. The Morgan fingerprint density at radius 3 is 2.86 bits per heavy atom. The zero-order valence-corrected chi connectivity index (χ0v) is 20.5. The summed E-state index contributed by atoms with van der Waals surface area (Å²) in [5.74, 6) is 0.497. The van der Waals surface area contributed by atoms with E-state index < -0.39 is 0 Å². The highest BCUT2D eigenvalue weighted by molar-refractivity contribution is 6.23. The summed E-state index contributed by atoms with van der Waals surface area (Å²) in [6, 6.07) is 10.8. The first-order valence-corrected chi connectivity index (χ1v) is 12.5. The van der Waals surface area contributed by atoms with Gasteiger partial charge in [-0.1, -0.05) is 12.1 Å². The van der Waals surface area contributed by atoms with E-state index in [2.05, 4.69) is 10.2 Å². The number of rotatable bonds is 9. The number of benzene rings is 2. The zero-order chi connectivity index (χ0) is 25.1. The maximum absolute atomic E-state index is 13.5. The van der Waals surface area contributed by atoms with Gasteiger partial charge in [0.2, 0.25) is 12.7 Å². The van der Waals surface area contributed by atoms with Gasteiger partial charge in [-0.25, -0.2) is 0 Å². The molecule has 0 radical (unpaired) electrons. The van der Waals surface area contributed by atoms with Crippen LogP contribution in [-0.2, 0) is 16.1 Å². The molecule has 1 atom stereocenters. The molecule has 0 aliphatic carbocycles. The Bertz CT molecular complexity index is 1170. The molecule has 3 aliphatic heterocycles. The van der Waals surface area contributed by atoms with Gasteiger partial charge in [0.05, 0.1) is 29.3 Å². The molecule has 0 aromatic heterocycles. The van der Waals surface area contributed by atoms with Crippen LogP contribution in [0.2, 0.25) is 0 Å². The maximum atomic E-state index is 13.5. The van der Waals surface area contributed by atoms with Crippen molar-refractivity contribution in [3.63, 3.8) is 0 Å². The fraction of sp³-hybridized carbons (Fsp3) is 0.444. The number of anilines is 1. The van der Waals surface area contributed by atoms with Crippen molar-refractivity contribution < 1.29 is 28.6 Å². The van der Waals surface area contributed by atoms with Gasteiger partial charge in [0.15, 0.2) is 11.5 Å². The van der Waals surface area contributed by atoms with E-state index in [0.717, 1.165) is 31.4 Å². The second-order valence-electron chi connectivity index (χ2n) is 9.21. The first kappa shape index (κ1) is 24.1. The molecule has 3 aliphatic rings. The van der Waals surface area contributed by atoms with Crippen LogP contribution in [0.5, 0.6) is 11.5 Å². The molecule has 9 nitrogen and oxygen atoms in total. The lowest BCUT2D eigenvalue weighted by Gasteiger charge is -2.34. The minimum absolute atomic E-state index is 0.0237. The van der Waals surface area contributed by atoms with Gasteiger partial charge in [-0.3, -0.25) is 19.3 Å². The van der Waals surface area contributed by atoms with Crippen molar-refractivity contribution >= 4 is 23.4 Å². The second kappa shape index (κ2) is 10.6. The Hall–Kier alpha value is -3.59. The summed E-state index contributed by atoms with van der Waals surface area (Å²) in [6.45, 7) is 5.38. The molecule has 9 heteroatoms. The van der Waals surface area contributed by atoms with Crippen LogP contribution in [-0.4, -0.2) is 62.3 Å². The van der Waals surface area contributed by atoms with Crippen LogP contribution < -0.4 is 19.7 Å². The number of nitrogens with zero attached hydrogens (tertiary/aromatic N) is 2. The Balaban J connectivity index is 1.29. The molecule has 0 saturated carbocycles. The lowest BCUT2D eigenvalue weighted by molar-refractivity contribution is -0.125. The molecule has 2 aromatic rings. The predicted molar refractivity (Wildman–Crippen MR) is 132 cm³/mol. The maximum Gasteiger partial charge on any atom is 0.263 e. The summed E-state index contributed by atoms with van der Waals surface area (Å²) in [7, 11) is 0. The van der Waals surface area contributed by atoms with Crippen LogP contribution in [0.4, 0.5) is 5.69 Å². The van der Waals surface area contributed by atoms with Gasteiger partial charge in [-0.15, -0.1) is 0 Å². The molecule has 0 spiro atoms. The number of imide groups is 1. The average molecular weight is 494 g/mol. The Morgan fingerprint density at radius 2 is 2.00 bits per heavy atom. The molecule has 1 saturated heterocycles. The fourth-order valence-corrected chi connectivity index (χ4v) is 5.03. The number of hydrogen-bond acceptors (Lipinski definition) is 7. The Kier molecular flexibility index (Phi) is 7.09. The molecule has 3 heterocycles. The lowest BCUT2D eigenvalue weighted by Crippen LogP contribution is -2.44.